The van der Waals surface area contributed by atoms with Crippen LogP contribution in [-0.2, 0) is 16.2 Å². The average Bonchev–Trinajstić information content (AvgIpc) is 3.16. The zero-order valence-corrected chi connectivity index (χ0v) is 13.3. The Hall–Kier alpha value is -2.60. The maximum Gasteiger partial charge on any atom is 0.289 e. The largest absolute Gasteiger partial charge is 0.459 e. The quantitative estimate of drug-likeness (QED) is 0.856. The number of hydroxylamine groups is 1. The van der Waals surface area contributed by atoms with Gasteiger partial charge in [0.15, 0.2) is 5.76 Å². The lowest BCUT2D eigenvalue weighted by Gasteiger charge is -2.31. The van der Waals surface area contributed by atoms with Gasteiger partial charge >= 0.3 is 0 Å². The first-order chi connectivity index (χ1) is 11.7. The van der Waals surface area contributed by atoms with Crippen molar-refractivity contribution in [3.05, 3.63) is 60.1 Å². The summed E-state index contributed by atoms with van der Waals surface area (Å²) >= 11 is 0. The van der Waals surface area contributed by atoms with E-state index in [0.29, 0.717) is 25.5 Å². The van der Waals surface area contributed by atoms with Gasteiger partial charge in [0.1, 0.15) is 0 Å². The number of furan rings is 1. The topological polar surface area (TPSA) is 71.8 Å². The van der Waals surface area contributed by atoms with E-state index >= 15 is 0 Å². The van der Waals surface area contributed by atoms with Gasteiger partial charge in [-0.25, -0.2) is 5.48 Å². The van der Waals surface area contributed by atoms with Gasteiger partial charge in [0.2, 0.25) is 5.91 Å². The Bertz CT molecular complexity index is 670. The lowest BCUT2D eigenvalue weighted by Crippen LogP contribution is -2.45. The highest BCUT2D eigenvalue weighted by Crippen LogP contribution is 2.19. The van der Waals surface area contributed by atoms with Crippen LogP contribution in [0, 0.1) is 5.92 Å². The predicted octanol–water partition coefficient (Wildman–Crippen LogP) is 2.38. The summed E-state index contributed by atoms with van der Waals surface area (Å²) in [6.07, 6.45) is 2.99. The molecule has 0 unspecified atom stereocenters. The third kappa shape index (κ3) is 4.02. The van der Waals surface area contributed by atoms with E-state index in [2.05, 4.69) is 5.48 Å². The fraction of sp³-hybridized carbons (Fsp3) is 0.333. The number of nitrogens with one attached hydrogen (secondary N) is 1. The Balaban J connectivity index is 1.49. The van der Waals surface area contributed by atoms with Crippen molar-refractivity contribution in [3.63, 3.8) is 0 Å². The molecule has 1 fully saturated rings. The van der Waals surface area contributed by atoms with Crippen molar-refractivity contribution in [2.75, 3.05) is 13.1 Å². The molecule has 1 aliphatic heterocycles. The highest BCUT2D eigenvalue weighted by molar-refractivity contribution is 5.92. The summed E-state index contributed by atoms with van der Waals surface area (Å²) in [5, 5.41) is 0. The Morgan fingerprint density at radius 1 is 1.21 bits per heavy atom. The first-order valence-corrected chi connectivity index (χ1v) is 8.02. The van der Waals surface area contributed by atoms with Gasteiger partial charge in [-0.2, -0.15) is 0 Å². The maximum atomic E-state index is 12.3. The molecular weight excluding hydrogens is 308 g/mol. The SMILES string of the molecule is O=C(NOCc1ccccc1)[C@H]1CCCN(C(=O)c2ccco2)C1. The number of nitrogens with zero attached hydrogens (tertiary/aromatic N) is 1. The van der Waals surface area contributed by atoms with E-state index in [4.69, 9.17) is 9.25 Å². The minimum Gasteiger partial charge on any atom is -0.459 e. The third-order valence-corrected chi connectivity index (χ3v) is 4.07. The van der Waals surface area contributed by atoms with Crippen LogP contribution in [0.2, 0.25) is 0 Å². The number of amides is 2. The van der Waals surface area contributed by atoms with E-state index in [1.54, 1.807) is 17.0 Å². The van der Waals surface area contributed by atoms with E-state index < -0.39 is 0 Å². The van der Waals surface area contributed by atoms with Crippen LogP contribution in [0.1, 0.15) is 29.0 Å². The van der Waals surface area contributed by atoms with Crippen LogP contribution < -0.4 is 5.48 Å². The van der Waals surface area contributed by atoms with Crippen LogP contribution in [0.15, 0.2) is 53.1 Å². The highest BCUT2D eigenvalue weighted by Gasteiger charge is 2.29. The molecule has 1 aromatic carbocycles. The molecule has 0 radical (unpaired) electrons. The summed E-state index contributed by atoms with van der Waals surface area (Å²) < 4.78 is 5.14. The number of rotatable bonds is 5. The van der Waals surface area contributed by atoms with Crippen molar-refractivity contribution in [2.45, 2.75) is 19.4 Å². The van der Waals surface area contributed by atoms with Gasteiger partial charge in [-0.05, 0) is 30.5 Å². The molecule has 2 amide bonds. The number of hydrogen-bond donors (Lipinski definition) is 1. The van der Waals surface area contributed by atoms with Crippen molar-refractivity contribution in [2.24, 2.45) is 5.92 Å². The molecule has 3 rings (SSSR count). The molecule has 0 aliphatic carbocycles. The molecule has 0 bridgehead atoms. The normalized spacial score (nSPS) is 17.5. The van der Waals surface area contributed by atoms with E-state index in [0.717, 1.165) is 18.4 Å². The first kappa shape index (κ1) is 16.3. The van der Waals surface area contributed by atoms with Crippen molar-refractivity contribution in [1.82, 2.24) is 10.4 Å². The second-order valence-electron chi connectivity index (χ2n) is 5.81. The average molecular weight is 328 g/mol. The number of carbonyl (C=O) groups is 2. The van der Waals surface area contributed by atoms with Gasteiger partial charge < -0.3 is 9.32 Å². The molecule has 1 N–H and O–H groups in total. The molecule has 1 saturated heterocycles. The van der Waals surface area contributed by atoms with Gasteiger partial charge in [-0.15, -0.1) is 0 Å². The van der Waals surface area contributed by atoms with Gasteiger partial charge in [0.05, 0.1) is 18.8 Å². The molecule has 1 aromatic heterocycles. The molecule has 126 valence electrons. The van der Waals surface area contributed by atoms with Gasteiger partial charge in [-0.3, -0.25) is 14.4 Å². The lowest BCUT2D eigenvalue weighted by atomic mass is 9.97. The summed E-state index contributed by atoms with van der Waals surface area (Å²) in [5.74, 6) is -0.338. The van der Waals surface area contributed by atoms with Gasteiger partial charge in [0, 0.05) is 13.1 Å². The minimum absolute atomic E-state index is 0.178. The monoisotopic (exact) mass is 328 g/mol. The molecule has 1 atom stereocenters. The third-order valence-electron chi connectivity index (χ3n) is 4.07. The van der Waals surface area contributed by atoms with Crippen molar-refractivity contribution in [1.29, 1.82) is 0 Å². The van der Waals surface area contributed by atoms with E-state index in [1.165, 1.54) is 6.26 Å². The molecular formula is C18H20N2O4. The number of carbonyl (C=O) groups excluding carboxylic acids is 2. The maximum absolute atomic E-state index is 12.3. The van der Waals surface area contributed by atoms with Crippen LogP contribution in [0.4, 0.5) is 0 Å². The highest BCUT2D eigenvalue weighted by atomic mass is 16.6. The Morgan fingerprint density at radius 3 is 2.79 bits per heavy atom. The summed E-state index contributed by atoms with van der Waals surface area (Å²) in [4.78, 5) is 31.5. The molecule has 2 heterocycles. The fourth-order valence-electron chi connectivity index (χ4n) is 2.78. The Kier molecular flexibility index (Phi) is 5.28. The smallest absolute Gasteiger partial charge is 0.289 e. The van der Waals surface area contributed by atoms with Crippen LogP contribution in [0.3, 0.4) is 0 Å². The van der Waals surface area contributed by atoms with Crippen LogP contribution in [-0.4, -0.2) is 29.8 Å². The zero-order valence-electron chi connectivity index (χ0n) is 13.3. The number of likely N-dealkylation sites (tertiary alicyclic amines) is 1. The molecule has 1 aliphatic rings. The van der Waals surface area contributed by atoms with Gasteiger partial charge in [-0.1, -0.05) is 30.3 Å². The summed E-state index contributed by atoms with van der Waals surface area (Å²) in [5.41, 5.74) is 3.48. The summed E-state index contributed by atoms with van der Waals surface area (Å²) in [6.45, 7) is 1.32. The van der Waals surface area contributed by atoms with Gasteiger partial charge in [0.25, 0.3) is 5.91 Å². The molecule has 24 heavy (non-hydrogen) atoms. The Labute approximate surface area is 140 Å². The summed E-state index contributed by atoms with van der Waals surface area (Å²) in [6, 6.07) is 12.9. The molecule has 0 spiro atoms. The molecule has 2 aromatic rings. The Morgan fingerprint density at radius 2 is 2.04 bits per heavy atom. The number of benzene rings is 1. The molecule has 6 nitrogen and oxygen atoms in total. The first-order valence-electron chi connectivity index (χ1n) is 8.02. The lowest BCUT2D eigenvalue weighted by molar-refractivity contribution is -0.140. The van der Waals surface area contributed by atoms with Crippen LogP contribution in [0.5, 0.6) is 0 Å². The van der Waals surface area contributed by atoms with Crippen LogP contribution in [0.25, 0.3) is 0 Å². The van der Waals surface area contributed by atoms with Crippen LogP contribution >= 0.6 is 0 Å². The fourth-order valence-corrected chi connectivity index (χ4v) is 2.78. The van der Waals surface area contributed by atoms with Crippen molar-refractivity contribution >= 4 is 11.8 Å². The van der Waals surface area contributed by atoms with E-state index in [1.807, 2.05) is 30.3 Å². The summed E-state index contributed by atoms with van der Waals surface area (Å²) in [7, 11) is 0. The van der Waals surface area contributed by atoms with E-state index in [9.17, 15) is 9.59 Å². The van der Waals surface area contributed by atoms with E-state index in [-0.39, 0.29) is 17.7 Å². The molecule has 0 saturated carbocycles. The second-order valence-corrected chi connectivity index (χ2v) is 5.81. The number of hydrogen-bond acceptors (Lipinski definition) is 4. The predicted molar refractivity (Wildman–Crippen MR) is 86.7 cm³/mol. The standard InChI is InChI=1S/C18H20N2O4/c21-17(19-24-13-14-6-2-1-3-7-14)15-8-4-10-20(12-15)18(22)16-9-5-11-23-16/h1-3,5-7,9,11,15H,4,8,10,12-13H2,(H,19,21)/t15-/m0/s1. The van der Waals surface area contributed by atoms with Crippen molar-refractivity contribution < 1.29 is 18.8 Å². The molecule has 6 heteroatoms. The minimum atomic E-state index is -0.270. The second kappa shape index (κ2) is 7.79. The number of piperidine rings is 1. The van der Waals surface area contributed by atoms with Crippen molar-refractivity contribution in [3.8, 4) is 0 Å². The zero-order chi connectivity index (χ0) is 16.8.